The van der Waals surface area contributed by atoms with Crippen LogP contribution in [0.2, 0.25) is 0 Å². The van der Waals surface area contributed by atoms with E-state index >= 15 is 0 Å². The smallest absolute Gasteiger partial charge is 0.279 e. The van der Waals surface area contributed by atoms with E-state index in [1.807, 2.05) is 11.6 Å². The molecule has 0 unspecified atom stereocenters. The fraction of sp³-hybridized carbons (Fsp3) is 0.417. The maximum absolute atomic E-state index is 12.9. The lowest BCUT2D eigenvalue weighted by Gasteiger charge is -2.23. The number of hydrogen-bond acceptors (Lipinski definition) is 4. The Kier molecular flexibility index (Phi) is 6.38. The number of aromatic nitrogens is 1. The van der Waals surface area contributed by atoms with Crippen molar-refractivity contribution >= 4 is 37.5 Å². The van der Waals surface area contributed by atoms with Crippen molar-refractivity contribution in [1.29, 1.82) is 0 Å². The van der Waals surface area contributed by atoms with Crippen molar-refractivity contribution < 1.29 is 13.2 Å². The van der Waals surface area contributed by atoms with Crippen LogP contribution in [0.25, 0.3) is 10.2 Å². The Balaban J connectivity index is 1.60. The standard InChI is InChI=1S/C24H29N3O3S2/c1-16(2)18-11-14-21-22(15-18)31-24(26(21)3)25-23(28)17-9-12-20(13-10-17)32(29,30)27(4)19-7-5-6-8-19/h9-16,19H,5-8H2,1-4H3. The average Bonchev–Trinajstić information content (AvgIpc) is 3.41. The quantitative estimate of drug-likeness (QED) is 0.543. The molecule has 3 aromatic rings. The maximum atomic E-state index is 12.9. The minimum atomic E-state index is -3.57. The minimum Gasteiger partial charge on any atom is -0.319 e. The Labute approximate surface area is 193 Å². The number of carbonyl (C=O) groups is 1. The molecule has 1 aliphatic carbocycles. The summed E-state index contributed by atoms with van der Waals surface area (Å²) < 4.78 is 30.3. The van der Waals surface area contributed by atoms with Crippen LogP contribution in [0.1, 0.15) is 61.4 Å². The fourth-order valence-electron chi connectivity index (χ4n) is 4.17. The average molecular weight is 472 g/mol. The lowest BCUT2D eigenvalue weighted by Crippen LogP contribution is -2.35. The molecule has 1 aliphatic rings. The molecule has 0 saturated heterocycles. The number of amides is 1. The first-order valence-corrected chi connectivity index (χ1v) is 13.2. The largest absolute Gasteiger partial charge is 0.319 e. The number of carbonyl (C=O) groups excluding carboxylic acids is 1. The number of sulfonamides is 1. The Morgan fingerprint density at radius 3 is 2.41 bits per heavy atom. The maximum Gasteiger partial charge on any atom is 0.279 e. The summed E-state index contributed by atoms with van der Waals surface area (Å²) in [4.78, 5) is 17.9. The highest BCUT2D eigenvalue weighted by atomic mass is 32.2. The summed E-state index contributed by atoms with van der Waals surface area (Å²) in [6.45, 7) is 4.30. The first-order chi connectivity index (χ1) is 15.2. The summed E-state index contributed by atoms with van der Waals surface area (Å²) in [7, 11) is -0.0276. The lowest BCUT2D eigenvalue weighted by molar-refractivity contribution is 0.0998. The van der Waals surface area contributed by atoms with Gasteiger partial charge in [0.05, 0.1) is 15.1 Å². The van der Waals surface area contributed by atoms with Gasteiger partial charge in [-0.1, -0.05) is 44.1 Å². The molecule has 0 N–H and O–H groups in total. The molecule has 0 aliphatic heterocycles. The van der Waals surface area contributed by atoms with Gasteiger partial charge in [-0.3, -0.25) is 4.79 Å². The van der Waals surface area contributed by atoms with Gasteiger partial charge in [0.25, 0.3) is 5.91 Å². The van der Waals surface area contributed by atoms with E-state index in [2.05, 4.69) is 37.0 Å². The highest BCUT2D eigenvalue weighted by Crippen LogP contribution is 2.27. The van der Waals surface area contributed by atoms with E-state index in [0.717, 1.165) is 35.9 Å². The van der Waals surface area contributed by atoms with Crippen molar-refractivity contribution in [3.05, 3.63) is 58.4 Å². The Morgan fingerprint density at radius 1 is 1.12 bits per heavy atom. The van der Waals surface area contributed by atoms with Crippen LogP contribution in [-0.2, 0) is 17.1 Å². The van der Waals surface area contributed by atoms with Crippen molar-refractivity contribution in [3.8, 4) is 0 Å². The highest BCUT2D eigenvalue weighted by molar-refractivity contribution is 7.89. The second-order valence-corrected chi connectivity index (χ2v) is 11.7. The van der Waals surface area contributed by atoms with E-state index in [1.165, 1.54) is 33.3 Å². The third kappa shape index (κ3) is 4.31. The van der Waals surface area contributed by atoms with Crippen molar-refractivity contribution in [3.63, 3.8) is 0 Å². The van der Waals surface area contributed by atoms with E-state index < -0.39 is 10.0 Å². The highest BCUT2D eigenvalue weighted by Gasteiger charge is 2.30. The summed E-state index contributed by atoms with van der Waals surface area (Å²) in [6, 6.07) is 12.5. The van der Waals surface area contributed by atoms with E-state index in [9.17, 15) is 13.2 Å². The van der Waals surface area contributed by atoms with Gasteiger partial charge in [0.2, 0.25) is 10.0 Å². The first-order valence-electron chi connectivity index (χ1n) is 10.9. The molecule has 1 aromatic heterocycles. The summed E-state index contributed by atoms with van der Waals surface area (Å²) in [5.74, 6) is 0.0423. The molecule has 1 saturated carbocycles. The topological polar surface area (TPSA) is 71.7 Å². The molecule has 4 rings (SSSR count). The third-order valence-corrected chi connectivity index (χ3v) is 9.33. The van der Waals surface area contributed by atoms with Crippen molar-refractivity contribution in [2.75, 3.05) is 7.05 Å². The van der Waals surface area contributed by atoms with Crippen molar-refractivity contribution in [2.24, 2.45) is 12.0 Å². The Hall–Kier alpha value is -2.29. The second-order valence-electron chi connectivity index (χ2n) is 8.73. The SMILES string of the molecule is CC(C)c1ccc2c(c1)sc(=NC(=O)c1ccc(S(=O)(=O)N(C)C3CCCC3)cc1)n2C. The molecule has 1 heterocycles. The number of hydrogen-bond donors (Lipinski definition) is 0. The first kappa shape index (κ1) is 22.9. The summed E-state index contributed by atoms with van der Waals surface area (Å²) in [5, 5.41) is 0. The molecule has 8 heteroatoms. The molecule has 32 heavy (non-hydrogen) atoms. The predicted molar refractivity (Wildman–Crippen MR) is 128 cm³/mol. The van der Waals surface area contributed by atoms with Gasteiger partial charge in [0, 0.05) is 25.7 Å². The molecular weight excluding hydrogens is 442 g/mol. The zero-order valence-electron chi connectivity index (χ0n) is 18.9. The Morgan fingerprint density at radius 2 is 1.78 bits per heavy atom. The summed E-state index contributed by atoms with van der Waals surface area (Å²) in [5.41, 5.74) is 2.65. The van der Waals surface area contributed by atoms with Crippen molar-refractivity contribution in [2.45, 2.75) is 56.4 Å². The molecule has 6 nitrogen and oxygen atoms in total. The number of thiazole rings is 1. The molecular formula is C24H29N3O3S2. The molecule has 0 bridgehead atoms. The monoisotopic (exact) mass is 471 g/mol. The van der Waals surface area contributed by atoms with Crippen LogP contribution in [0.5, 0.6) is 0 Å². The van der Waals surface area contributed by atoms with Crippen LogP contribution in [0.15, 0.2) is 52.4 Å². The molecule has 0 radical (unpaired) electrons. The Bertz CT molecular complexity index is 1310. The van der Waals surface area contributed by atoms with Gasteiger partial charge in [-0.2, -0.15) is 9.30 Å². The van der Waals surface area contributed by atoms with Crippen LogP contribution in [0.4, 0.5) is 0 Å². The van der Waals surface area contributed by atoms with Gasteiger partial charge in [-0.05, 0) is 60.7 Å². The minimum absolute atomic E-state index is 0.0560. The van der Waals surface area contributed by atoms with Gasteiger partial charge >= 0.3 is 0 Å². The predicted octanol–water partition coefficient (Wildman–Crippen LogP) is 4.67. The number of aryl methyl sites for hydroxylation is 1. The van der Waals surface area contributed by atoms with Crippen LogP contribution < -0.4 is 4.80 Å². The van der Waals surface area contributed by atoms with E-state index in [1.54, 1.807) is 19.2 Å². The fourth-order valence-corrected chi connectivity index (χ4v) is 6.65. The zero-order valence-corrected chi connectivity index (χ0v) is 20.5. The van der Waals surface area contributed by atoms with Crippen LogP contribution in [0, 0.1) is 0 Å². The van der Waals surface area contributed by atoms with Gasteiger partial charge in [0.15, 0.2) is 4.80 Å². The number of fused-ring (bicyclic) bond motifs is 1. The third-order valence-electron chi connectivity index (χ3n) is 6.31. The molecule has 170 valence electrons. The van der Waals surface area contributed by atoms with E-state index in [4.69, 9.17) is 0 Å². The van der Waals surface area contributed by atoms with E-state index in [0.29, 0.717) is 16.3 Å². The summed E-state index contributed by atoms with van der Waals surface area (Å²) in [6.07, 6.45) is 3.92. The summed E-state index contributed by atoms with van der Waals surface area (Å²) >= 11 is 1.48. The zero-order chi connectivity index (χ0) is 23.0. The van der Waals surface area contributed by atoms with Gasteiger partial charge < -0.3 is 4.57 Å². The van der Waals surface area contributed by atoms with Crippen LogP contribution >= 0.6 is 11.3 Å². The molecule has 1 fully saturated rings. The molecule has 2 aromatic carbocycles. The number of rotatable bonds is 5. The van der Waals surface area contributed by atoms with E-state index in [-0.39, 0.29) is 16.8 Å². The lowest BCUT2D eigenvalue weighted by atomic mass is 10.0. The van der Waals surface area contributed by atoms with Crippen LogP contribution in [-0.4, -0.2) is 36.3 Å². The van der Waals surface area contributed by atoms with Crippen LogP contribution in [0.3, 0.4) is 0 Å². The molecule has 1 amide bonds. The number of benzene rings is 2. The molecule has 0 spiro atoms. The second kappa shape index (κ2) is 8.92. The van der Waals surface area contributed by atoms with Gasteiger partial charge in [-0.15, -0.1) is 0 Å². The number of nitrogens with zero attached hydrogens (tertiary/aromatic N) is 3. The molecule has 0 atom stereocenters. The van der Waals surface area contributed by atoms with Crippen molar-refractivity contribution in [1.82, 2.24) is 8.87 Å². The normalized spacial score (nSPS) is 16.0. The van der Waals surface area contributed by atoms with Gasteiger partial charge in [0.1, 0.15) is 0 Å². The van der Waals surface area contributed by atoms with Gasteiger partial charge in [-0.25, -0.2) is 8.42 Å².